The van der Waals surface area contributed by atoms with Crippen LogP contribution in [0.15, 0.2) is 97.3 Å². The highest BCUT2D eigenvalue weighted by atomic mass is 35.5. The van der Waals surface area contributed by atoms with Crippen LogP contribution in [0.3, 0.4) is 0 Å². The number of anilines is 2. The van der Waals surface area contributed by atoms with E-state index in [1.807, 2.05) is 44.2 Å². The zero-order chi connectivity index (χ0) is 30.0. The van der Waals surface area contributed by atoms with E-state index in [1.54, 1.807) is 42.7 Å². The number of rotatable bonds is 9. The summed E-state index contributed by atoms with van der Waals surface area (Å²) in [4.78, 5) is 34.8. The lowest BCUT2D eigenvalue weighted by molar-refractivity contribution is -0.131. The highest BCUT2D eigenvalue weighted by Gasteiger charge is 2.56. The van der Waals surface area contributed by atoms with Gasteiger partial charge in [-0.05, 0) is 105 Å². The maximum absolute atomic E-state index is 13.2. The fourth-order valence-corrected chi connectivity index (χ4v) is 4.70. The molecule has 2 N–H and O–H groups in total. The van der Waals surface area contributed by atoms with Gasteiger partial charge in [-0.25, -0.2) is 9.37 Å². The number of benzene rings is 3. The molecule has 0 saturated heterocycles. The lowest BCUT2D eigenvalue weighted by Crippen LogP contribution is -2.35. The van der Waals surface area contributed by atoms with Crippen molar-refractivity contribution in [3.05, 3.63) is 103 Å². The first kappa shape index (κ1) is 30.4. The molecule has 0 bridgehead atoms. The predicted molar refractivity (Wildman–Crippen MR) is 170 cm³/mol. The smallest absolute Gasteiger partial charge is 0.240 e. The number of carbonyl (C=O) groups excluding carboxylic acids is 2. The van der Waals surface area contributed by atoms with E-state index in [4.69, 9.17) is 9.47 Å². The van der Waals surface area contributed by atoms with E-state index in [0.717, 1.165) is 22.0 Å². The maximum Gasteiger partial charge on any atom is 0.240 e. The average molecular weight is 613 g/mol. The minimum atomic E-state index is -1.14. The number of carbonyl (C=O) groups is 2. The van der Waals surface area contributed by atoms with E-state index in [1.165, 1.54) is 24.3 Å². The van der Waals surface area contributed by atoms with Gasteiger partial charge in [-0.15, -0.1) is 12.4 Å². The monoisotopic (exact) mass is 612 g/mol. The van der Waals surface area contributed by atoms with Gasteiger partial charge in [-0.2, -0.15) is 0 Å². The Labute approximate surface area is 260 Å². The number of nitrogens with one attached hydrogen (secondary N) is 2. The number of aromatic nitrogens is 2. The van der Waals surface area contributed by atoms with Crippen LogP contribution in [0.5, 0.6) is 17.4 Å². The zero-order valence-corrected chi connectivity index (χ0v) is 24.9. The molecule has 1 saturated carbocycles. The van der Waals surface area contributed by atoms with Gasteiger partial charge in [0.05, 0.1) is 11.6 Å². The van der Waals surface area contributed by atoms with Crippen LogP contribution in [0.4, 0.5) is 15.8 Å². The molecule has 2 amide bonds. The molecule has 224 valence electrons. The Hall–Kier alpha value is -5.02. The highest BCUT2D eigenvalue weighted by Crippen LogP contribution is 2.47. The molecule has 6 rings (SSSR count). The first-order valence-electron chi connectivity index (χ1n) is 14.0. The minimum absolute atomic E-state index is 0. The van der Waals surface area contributed by atoms with Crippen LogP contribution < -0.4 is 20.1 Å². The summed E-state index contributed by atoms with van der Waals surface area (Å²) in [5, 5.41) is 6.39. The van der Waals surface area contributed by atoms with Crippen molar-refractivity contribution < 1.29 is 23.5 Å². The van der Waals surface area contributed by atoms with E-state index < -0.39 is 17.1 Å². The summed E-state index contributed by atoms with van der Waals surface area (Å²) in [5.74, 6) is 0.615. The molecule has 0 spiro atoms. The molecule has 10 heteroatoms. The second-order valence-corrected chi connectivity index (χ2v) is 10.7. The summed E-state index contributed by atoms with van der Waals surface area (Å²) in [6, 6.07) is 24.0. The normalized spacial score (nSPS) is 13.1. The molecule has 1 aliphatic rings. The molecule has 2 heterocycles. The molecule has 3 aromatic carbocycles. The molecular formula is C34H30ClFN4O4. The van der Waals surface area contributed by atoms with Gasteiger partial charge in [-0.3, -0.25) is 14.6 Å². The second kappa shape index (κ2) is 12.7. The molecule has 0 unspecified atom stereocenters. The molecule has 0 atom stereocenters. The predicted octanol–water partition coefficient (Wildman–Crippen LogP) is 7.79. The Balaban J connectivity index is 0.00000384. The van der Waals surface area contributed by atoms with Crippen molar-refractivity contribution in [2.75, 3.05) is 10.6 Å². The average Bonchev–Trinajstić information content (AvgIpc) is 3.82. The van der Waals surface area contributed by atoms with Gasteiger partial charge in [0, 0.05) is 40.8 Å². The summed E-state index contributed by atoms with van der Waals surface area (Å²) in [6.07, 6.45) is 4.42. The van der Waals surface area contributed by atoms with Gasteiger partial charge < -0.3 is 20.1 Å². The third-order valence-electron chi connectivity index (χ3n) is 7.19. The van der Waals surface area contributed by atoms with Crippen LogP contribution in [-0.2, 0) is 9.59 Å². The quantitative estimate of drug-likeness (QED) is 0.165. The fourth-order valence-electron chi connectivity index (χ4n) is 4.70. The molecule has 1 fully saturated rings. The van der Waals surface area contributed by atoms with Crippen LogP contribution in [0.1, 0.15) is 26.7 Å². The molecular weight excluding hydrogens is 583 g/mol. The Kier molecular flexibility index (Phi) is 8.78. The summed E-state index contributed by atoms with van der Waals surface area (Å²) in [5.41, 5.74) is 2.54. The third-order valence-corrected chi connectivity index (χ3v) is 7.19. The van der Waals surface area contributed by atoms with Crippen LogP contribution >= 0.6 is 12.4 Å². The molecule has 44 heavy (non-hydrogen) atoms. The van der Waals surface area contributed by atoms with E-state index in [2.05, 4.69) is 20.6 Å². The standard InChI is InChI=1S/C34H29FN4O4.ClH/c1-21(2)42-31-14-4-23(20-37-31)22-3-13-28-29(19-22)36-18-15-30(28)43-27-11-9-26(10-12-27)39-33(41)34(16-17-34)32(40)38-25-7-5-24(35)6-8-25;/h3-15,18-21H,16-17H2,1-2H3,(H,38,40)(H,39,41);1H. The fraction of sp³-hybridized carbons (Fsp3) is 0.176. The van der Waals surface area contributed by atoms with Crippen molar-refractivity contribution in [2.24, 2.45) is 5.41 Å². The topological polar surface area (TPSA) is 102 Å². The van der Waals surface area contributed by atoms with Gasteiger partial charge in [0.1, 0.15) is 22.7 Å². The van der Waals surface area contributed by atoms with Crippen molar-refractivity contribution in [2.45, 2.75) is 32.8 Å². The summed E-state index contributed by atoms with van der Waals surface area (Å²) in [7, 11) is 0. The number of halogens is 2. The molecule has 8 nitrogen and oxygen atoms in total. The summed E-state index contributed by atoms with van der Waals surface area (Å²) < 4.78 is 25.0. The lowest BCUT2D eigenvalue weighted by Gasteiger charge is -2.16. The van der Waals surface area contributed by atoms with Gasteiger partial charge in [0.2, 0.25) is 17.7 Å². The molecule has 1 aliphatic carbocycles. The first-order valence-corrected chi connectivity index (χ1v) is 14.0. The molecule has 0 radical (unpaired) electrons. The van der Waals surface area contributed by atoms with Crippen molar-refractivity contribution >= 4 is 46.5 Å². The second-order valence-electron chi connectivity index (χ2n) is 10.7. The van der Waals surface area contributed by atoms with Crippen molar-refractivity contribution in [3.8, 4) is 28.5 Å². The van der Waals surface area contributed by atoms with Crippen LogP contribution in [0.2, 0.25) is 0 Å². The van der Waals surface area contributed by atoms with E-state index in [0.29, 0.717) is 41.6 Å². The van der Waals surface area contributed by atoms with Crippen molar-refractivity contribution in [1.82, 2.24) is 9.97 Å². The highest BCUT2D eigenvalue weighted by molar-refractivity contribution is 6.16. The Morgan fingerprint density at radius 2 is 1.45 bits per heavy atom. The van der Waals surface area contributed by atoms with Crippen LogP contribution in [-0.4, -0.2) is 27.9 Å². The van der Waals surface area contributed by atoms with Crippen LogP contribution in [0, 0.1) is 11.2 Å². The number of amides is 2. The van der Waals surface area contributed by atoms with Gasteiger partial charge >= 0.3 is 0 Å². The first-order chi connectivity index (χ1) is 20.8. The number of nitrogens with zero attached hydrogens (tertiary/aromatic N) is 2. The number of ether oxygens (including phenoxy) is 2. The largest absolute Gasteiger partial charge is 0.475 e. The Morgan fingerprint density at radius 1 is 0.818 bits per heavy atom. The molecule has 5 aromatic rings. The van der Waals surface area contributed by atoms with Gasteiger partial charge in [0.25, 0.3) is 0 Å². The SMILES string of the molecule is CC(C)Oc1ccc(-c2ccc3c(Oc4ccc(NC(=O)C5(C(=O)Nc6ccc(F)cc6)CC5)cc4)ccnc3c2)cn1.Cl. The number of hydrogen-bond donors (Lipinski definition) is 2. The number of pyridine rings is 2. The summed E-state index contributed by atoms with van der Waals surface area (Å²) >= 11 is 0. The third kappa shape index (κ3) is 6.63. The van der Waals surface area contributed by atoms with E-state index in [9.17, 15) is 14.0 Å². The number of hydrogen-bond acceptors (Lipinski definition) is 6. The van der Waals surface area contributed by atoms with Crippen LogP contribution in [0.25, 0.3) is 22.0 Å². The summed E-state index contributed by atoms with van der Waals surface area (Å²) in [6.45, 7) is 3.92. The van der Waals surface area contributed by atoms with Gasteiger partial charge in [-0.1, -0.05) is 6.07 Å². The molecule has 2 aromatic heterocycles. The van der Waals surface area contributed by atoms with E-state index in [-0.39, 0.29) is 24.4 Å². The lowest BCUT2D eigenvalue weighted by atomic mass is 10.0. The Morgan fingerprint density at radius 3 is 2.05 bits per heavy atom. The van der Waals surface area contributed by atoms with Crippen molar-refractivity contribution in [3.63, 3.8) is 0 Å². The zero-order valence-electron chi connectivity index (χ0n) is 24.0. The van der Waals surface area contributed by atoms with E-state index >= 15 is 0 Å². The van der Waals surface area contributed by atoms with Crippen molar-refractivity contribution in [1.29, 1.82) is 0 Å². The molecule has 0 aliphatic heterocycles. The minimum Gasteiger partial charge on any atom is -0.475 e. The Bertz CT molecular complexity index is 1790. The number of fused-ring (bicyclic) bond motifs is 1. The van der Waals surface area contributed by atoms with Gasteiger partial charge in [0.15, 0.2) is 0 Å². The maximum atomic E-state index is 13.2.